The second-order valence-corrected chi connectivity index (χ2v) is 7.76. The maximum Gasteiger partial charge on any atom is 0.221 e. The zero-order chi connectivity index (χ0) is 22.2. The molecule has 3 N–H and O–H groups in total. The van der Waals surface area contributed by atoms with E-state index in [0.29, 0.717) is 23.3 Å². The van der Waals surface area contributed by atoms with E-state index in [1.807, 2.05) is 32.0 Å². The molecule has 9 nitrogen and oxygen atoms in total. The molecule has 4 rings (SSSR count). The number of aliphatic hydroxyl groups excluding tert-OH is 1. The number of hydrogen-bond acceptors (Lipinski definition) is 8. The summed E-state index contributed by atoms with van der Waals surface area (Å²) in [4.78, 5) is 13.0. The standard InChI is InChI=1S/C21H22FN7O2/c1-21(2,11-30)16-6-4-5-12(24-16)9-29-10-15(27-28-29)17-13-7-8-14(22)19(31-3)18(13)26-20(23)25-17/h4-8,10,30H,9,11H2,1-3H3,(H2,23,25,26). The number of aliphatic hydroxyl groups is 1. The van der Waals surface area contributed by atoms with Crippen molar-refractivity contribution in [3.05, 3.63) is 53.7 Å². The van der Waals surface area contributed by atoms with Gasteiger partial charge in [-0.25, -0.2) is 19.0 Å². The fourth-order valence-corrected chi connectivity index (χ4v) is 3.23. The van der Waals surface area contributed by atoms with Crippen molar-refractivity contribution in [3.63, 3.8) is 0 Å². The summed E-state index contributed by atoms with van der Waals surface area (Å²) in [6, 6.07) is 8.50. The topological polar surface area (TPSA) is 125 Å². The number of fused-ring (bicyclic) bond motifs is 1. The van der Waals surface area contributed by atoms with E-state index in [2.05, 4.69) is 25.3 Å². The molecule has 10 heteroatoms. The Morgan fingerprint density at radius 3 is 2.71 bits per heavy atom. The Morgan fingerprint density at radius 2 is 1.97 bits per heavy atom. The molecule has 3 heterocycles. The van der Waals surface area contributed by atoms with Gasteiger partial charge in [0.05, 0.1) is 32.2 Å². The van der Waals surface area contributed by atoms with E-state index >= 15 is 0 Å². The zero-order valence-corrected chi connectivity index (χ0v) is 17.4. The molecule has 0 bridgehead atoms. The highest BCUT2D eigenvalue weighted by Crippen LogP contribution is 2.32. The van der Waals surface area contributed by atoms with Crippen molar-refractivity contribution in [2.75, 3.05) is 19.5 Å². The maximum absolute atomic E-state index is 14.1. The lowest BCUT2D eigenvalue weighted by Crippen LogP contribution is -2.24. The molecule has 0 amide bonds. The molecule has 0 aliphatic rings. The number of nitrogens with two attached hydrogens (primary N) is 1. The number of ether oxygens (including phenoxy) is 1. The predicted octanol–water partition coefficient (Wildman–Crippen LogP) is 2.33. The van der Waals surface area contributed by atoms with Gasteiger partial charge in [-0.3, -0.25) is 4.98 Å². The second kappa shape index (κ2) is 7.88. The molecule has 0 unspecified atom stereocenters. The highest BCUT2D eigenvalue weighted by Gasteiger charge is 2.21. The molecular formula is C21H22FN7O2. The fraction of sp³-hybridized carbons (Fsp3) is 0.286. The summed E-state index contributed by atoms with van der Waals surface area (Å²) in [5, 5.41) is 18.5. The monoisotopic (exact) mass is 423 g/mol. The molecule has 160 valence electrons. The van der Waals surface area contributed by atoms with Gasteiger partial charge in [0.1, 0.15) is 16.9 Å². The number of pyridine rings is 1. The van der Waals surface area contributed by atoms with Gasteiger partial charge in [0, 0.05) is 16.5 Å². The van der Waals surface area contributed by atoms with Gasteiger partial charge in [-0.1, -0.05) is 25.1 Å². The number of aromatic nitrogens is 6. The molecule has 3 aromatic heterocycles. The second-order valence-electron chi connectivity index (χ2n) is 7.76. The van der Waals surface area contributed by atoms with Crippen LogP contribution >= 0.6 is 0 Å². The largest absolute Gasteiger partial charge is 0.491 e. The Hall–Kier alpha value is -3.66. The number of anilines is 1. The van der Waals surface area contributed by atoms with Crippen molar-refractivity contribution >= 4 is 16.9 Å². The normalized spacial score (nSPS) is 11.8. The third-order valence-corrected chi connectivity index (χ3v) is 5.00. The Bertz CT molecular complexity index is 1260. The van der Waals surface area contributed by atoms with Gasteiger partial charge >= 0.3 is 0 Å². The molecule has 4 aromatic rings. The number of benzene rings is 1. The molecular weight excluding hydrogens is 401 g/mol. The lowest BCUT2D eigenvalue weighted by atomic mass is 9.90. The van der Waals surface area contributed by atoms with Gasteiger partial charge in [0.15, 0.2) is 11.6 Å². The molecule has 0 atom stereocenters. The number of methoxy groups -OCH3 is 1. The van der Waals surface area contributed by atoms with Crippen LogP contribution in [0.25, 0.3) is 22.3 Å². The average Bonchev–Trinajstić information content (AvgIpc) is 3.21. The van der Waals surface area contributed by atoms with Gasteiger partial charge in [0.25, 0.3) is 0 Å². The maximum atomic E-state index is 14.1. The summed E-state index contributed by atoms with van der Waals surface area (Å²) in [7, 11) is 1.37. The third-order valence-electron chi connectivity index (χ3n) is 5.00. The first-order valence-electron chi connectivity index (χ1n) is 9.60. The van der Waals surface area contributed by atoms with E-state index in [1.165, 1.54) is 13.2 Å². The van der Waals surface area contributed by atoms with E-state index in [9.17, 15) is 9.50 Å². The van der Waals surface area contributed by atoms with E-state index in [-0.39, 0.29) is 23.8 Å². The Labute approximate surface area is 177 Å². The van der Waals surface area contributed by atoms with Gasteiger partial charge in [-0.15, -0.1) is 5.10 Å². The van der Waals surface area contributed by atoms with Crippen molar-refractivity contribution in [3.8, 4) is 17.1 Å². The Kier molecular flexibility index (Phi) is 5.24. The first-order chi connectivity index (χ1) is 14.8. The highest BCUT2D eigenvalue weighted by atomic mass is 19.1. The SMILES string of the molecule is COc1c(F)ccc2c(-c3cn(Cc4cccc(C(C)(C)CO)n4)nn3)nc(N)nc12. The zero-order valence-electron chi connectivity index (χ0n) is 17.4. The first-order valence-corrected chi connectivity index (χ1v) is 9.60. The van der Waals surface area contributed by atoms with E-state index in [4.69, 9.17) is 10.5 Å². The van der Waals surface area contributed by atoms with Crippen molar-refractivity contribution in [1.29, 1.82) is 0 Å². The van der Waals surface area contributed by atoms with Crippen LogP contribution in [0.5, 0.6) is 5.75 Å². The van der Waals surface area contributed by atoms with E-state index in [1.54, 1.807) is 16.9 Å². The van der Waals surface area contributed by atoms with Crippen LogP contribution < -0.4 is 10.5 Å². The quantitative estimate of drug-likeness (QED) is 0.484. The highest BCUT2D eigenvalue weighted by molar-refractivity contribution is 5.95. The summed E-state index contributed by atoms with van der Waals surface area (Å²) in [5.74, 6) is -0.575. The summed E-state index contributed by atoms with van der Waals surface area (Å²) in [6.07, 6.45) is 1.71. The molecule has 0 spiro atoms. The van der Waals surface area contributed by atoms with Crippen molar-refractivity contribution < 1.29 is 14.2 Å². The summed E-state index contributed by atoms with van der Waals surface area (Å²) < 4.78 is 20.9. The van der Waals surface area contributed by atoms with Crippen LogP contribution in [0, 0.1) is 5.82 Å². The molecule has 0 radical (unpaired) electrons. The minimum absolute atomic E-state index is 0.00671. The smallest absolute Gasteiger partial charge is 0.221 e. The van der Waals surface area contributed by atoms with Crippen molar-refractivity contribution in [1.82, 2.24) is 29.9 Å². The van der Waals surface area contributed by atoms with Crippen molar-refractivity contribution in [2.24, 2.45) is 0 Å². The molecule has 31 heavy (non-hydrogen) atoms. The van der Waals surface area contributed by atoms with Gasteiger partial charge in [0.2, 0.25) is 5.95 Å². The molecule has 0 saturated carbocycles. The van der Waals surface area contributed by atoms with Gasteiger partial charge < -0.3 is 15.6 Å². The van der Waals surface area contributed by atoms with Crippen molar-refractivity contribution in [2.45, 2.75) is 25.8 Å². The van der Waals surface area contributed by atoms with E-state index in [0.717, 1.165) is 11.4 Å². The predicted molar refractivity (Wildman–Crippen MR) is 113 cm³/mol. The molecule has 0 fully saturated rings. The number of nitrogens with zero attached hydrogens (tertiary/aromatic N) is 6. The minimum atomic E-state index is -0.542. The van der Waals surface area contributed by atoms with Crippen LogP contribution in [0.1, 0.15) is 25.2 Å². The van der Waals surface area contributed by atoms with Crippen LogP contribution in [0.3, 0.4) is 0 Å². The van der Waals surface area contributed by atoms with Gasteiger partial charge in [-0.05, 0) is 24.3 Å². The molecule has 0 aliphatic carbocycles. The van der Waals surface area contributed by atoms with Crippen LogP contribution in [0.4, 0.5) is 10.3 Å². The third kappa shape index (κ3) is 3.89. The van der Waals surface area contributed by atoms with Gasteiger partial charge in [-0.2, -0.15) is 0 Å². The summed E-state index contributed by atoms with van der Waals surface area (Å²) in [6.45, 7) is 4.21. The number of rotatable bonds is 6. The van der Waals surface area contributed by atoms with Crippen LogP contribution in [0.15, 0.2) is 36.5 Å². The summed E-state index contributed by atoms with van der Waals surface area (Å²) >= 11 is 0. The average molecular weight is 423 g/mol. The fourth-order valence-electron chi connectivity index (χ4n) is 3.23. The molecule has 1 aromatic carbocycles. The molecule has 0 aliphatic heterocycles. The van der Waals surface area contributed by atoms with Crippen LogP contribution in [-0.2, 0) is 12.0 Å². The summed E-state index contributed by atoms with van der Waals surface area (Å²) in [5.41, 5.74) is 8.11. The Balaban J connectivity index is 1.70. The Morgan fingerprint density at radius 1 is 1.16 bits per heavy atom. The van der Waals surface area contributed by atoms with E-state index < -0.39 is 11.2 Å². The first kappa shape index (κ1) is 20.6. The molecule has 0 saturated heterocycles. The number of halogens is 1. The number of nitrogen functional groups attached to an aromatic ring is 1. The number of hydrogen-bond donors (Lipinski definition) is 2. The lowest BCUT2D eigenvalue weighted by Gasteiger charge is -2.21. The lowest BCUT2D eigenvalue weighted by molar-refractivity contribution is 0.215. The van der Waals surface area contributed by atoms with Crippen LogP contribution in [-0.4, -0.2) is 48.8 Å². The minimum Gasteiger partial charge on any atom is -0.491 e. The van der Waals surface area contributed by atoms with Crippen LogP contribution in [0.2, 0.25) is 0 Å².